The molecule has 102 valence electrons. The van der Waals surface area contributed by atoms with Crippen LogP contribution in [0.25, 0.3) is 0 Å². The van der Waals surface area contributed by atoms with Crippen molar-refractivity contribution in [3.8, 4) is 6.07 Å². The fourth-order valence-electron chi connectivity index (χ4n) is 2.01. The van der Waals surface area contributed by atoms with Crippen LogP contribution in [0, 0.1) is 16.7 Å². The van der Waals surface area contributed by atoms with E-state index in [1.165, 1.54) is 10.5 Å². The number of hydrogen-bond acceptors (Lipinski definition) is 4. The maximum absolute atomic E-state index is 12.4. The summed E-state index contributed by atoms with van der Waals surface area (Å²) in [7, 11) is -3.51. The fourth-order valence-corrected chi connectivity index (χ4v) is 3.96. The van der Waals surface area contributed by atoms with Gasteiger partial charge in [-0.05, 0) is 41.8 Å². The van der Waals surface area contributed by atoms with E-state index in [0.717, 1.165) is 0 Å². The van der Waals surface area contributed by atoms with Gasteiger partial charge >= 0.3 is 0 Å². The predicted molar refractivity (Wildman–Crippen MR) is 73.6 cm³/mol. The molecule has 2 heterocycles. The van der Waals surface area contributed by atoms with Gasteiger partial charge in [0.05, 0.1) is 11.5 Å². The lowest BCUT2D eigenvalue weighted by atomic mass is 9.83. The monoisotopic (exact) mass is 343 g/mol. The number of aromatic nitrogens is 1. The highest BCUT2D eigenvalue weighted by atomic mass is 79.9. The van der Waals surface area contributed by atoms with Crippen molar-refractivity contribution in [3.05, 3.63) is 22.9 Å². The molecule has 1 aromatic heterocycles. The minimum atomic E-state index is -3.51. The summed E-state index contributed by atoms with van der Waals surface area (Å²) >= 11 is 3.22. The minimum Gasteiger partial charge on any atom is -0.262 e. The van der Waals surface area contributed by atoms with E-state index in [1.54, 1.807) is 12.3 Å². The predicted octanol–water partition coefficient (Wildman–Crippen LogP) is 2.16. The average Bonchev–Trinajstić information content (AvgIpc) is 2.39. The van der Waals surface area contributed by atoms with Gasteiger partial charge < -0.3 is 0 Å². The van der Waals surface area contributed by atoms with Gasteiger partial charge in [0.25, 0.3) is 0 Å². The van der Waals surface area contributed by atoms with E-state index in [4.69, 9.17) is 5.26 Å². The number of hydrogen-bond donors (Lipinski definition) is 0. The molecule has 0 unspecified atom stereocenters. The number of rotatable bonds is 2. The fraction of sp³-hybridized carbons (Fsp3) is 0.500. The number of nitriles is 1. The Hall–Kier alpha value is -0.970. The summed E-state index contributed by atoms with van der Waals surface area (Å²) in [5.74, 6) is 0. The Balaban J connectivity index is 2.22. The third-order valence-electron chi connectivity index (χ3n) is 3.41. The maximum Gasteiger partial charge on any atom is 0.244 e. The number of pyridine rings is 1. The molecule has 0 atom stereocenters. The van der Waals surface area contributed by atoms with Gasteiger partial charge in [-0.1, -0.05) is 0 Å². The van der Waals surface area contributed by atoms with Gasteiger partial charge in [0.2, 0.25) is 10.0 Å². The standard InChI is InChI=1S/C12H14BrN3O2S/c1-12(9-14)2-4-16(5-3-12)19(17,18)11-6-10(13)7-15-8-11/h6-8H,2-5H2,1H3. The normalized spacial score (nSPS) is 19.8. The average molecular weight is 344 g/mol. The van der Waals surface area contributed by atoms with Crippen molar-refractivity contribution < 1.29 is 8.42 Å². The van der Waals surface area contributed by atoms with Crippen LogP contribution in [-0.4, -0.2) is 30.8 Å². The molecule has 19 heavy (non-hydrogen) atoms. The topological polar surface area (TPSA) is 74.1 Å². The molecule has 1 aliphatic heterocycles. The lowest BCUT2D eigenvalue weighted by Crippen LogP contribution is -2.41. The second-order valence-corrected chi connectivity index (χ2v) is 7.77. The first-order chi connectivity index (χ1) is 8.87. The number of halogens is 1. The van der Waals surface area contributed by atoms with E-state index in [1.807, 2.05) is 6.92 Å². The van der Waals surface area contributed by atoms with Crippen LogP contribution in [0.4, 0.5) is 0 Å². The van der Waals surface area contributed by atoms with Crippen molar-refractivity contribution in [1.82, 2.24) is 9.29 Å². The van der Waals surface area contributed by atoms with E-state index in [9.17, 15) is 8.42 Å². The Bertz CT molecular complexity index is 616. The summed E-state index contributed by atoms with van der Waals surface area (Å²) in [6, 6.07) is 3.80. The van der Waals surface area contributed by atoms with Crippen LogP contribution in [0.3, 0.4) is 0 Å². The Morgan fingerprint density at radius 3 is 2.58 bits per heavy atom. The first kappa shape index (κ1) is 14.4. The van der Waals surface area contributed by atoms with Crippen LogP contribution in [0.1, 0.15) is 19.8 Å². The zero-order chi connectivity index (χ0) is 14.1. The minimum absolute atomic E-state index is 0.183. The van der Waals surface area contributed by atoms with Crippen LogP contribution in [-0.2, 0) is 10.0 Å². The molecule has 0 radical (unpaired) electrons. The summed E-state index contributed by atoms with van der Waals surface area (Å²) in [6.07, 6.45) is 4.01. The Morgan fingerprint density at radius 1 is 1.42 bits per heavy atom. The maximum atomic E-state index is 12.4. The molecule has 0 spiro atoms. The lowest BCUT2D eigenvalue weighted by molar-refractivity contribution is 0.232. The molecule has 0 amide bonds. The number of sulfonamides is 1. The summed E-state index contributed by atoms with van der Waals surface area (Å²) < 4.78 is 26.9. The molecule has 1 aliphatic rings. The van der Waals surface area contributed by atoms with Crippen molar-refractivity contribution in [2.45, 2.75) is 24.7 Å². The van der Waals surface area contributed by atoms with E-state index >= 15 is 0 Å². The van der Waals surface area contributed by atoms with Crippen molar-refractivity contribution in [1.29, 1.82) is 5.26 Å². The second kappa shape index (κ2) is 5.19. The quantitative estimate of drug-likeness (QED) is 0.824. The van der Waals surface area contributed by atoms with Crippen LogP contribution >= 0.6 is 15.9 Å². The van der Waals surface area contributed by atoms with E-state index < -0.39 is 15.4 Å². The zero-order valence-corrected chi connectivity index (χ0v) is 12.9. The van der Waals surface area contributed by atoms with Crippen molar-refractivity contribution in [2.24, 2.45) is 5.41 Å². The van der Waals surface area contributed by atoms with Gasteiger partial charge in [0.15, 0.2) is 0 Å². The summed E-state index contributed by atoms with van der Waals surface area (Å²) in [4.78, 5) is 4.07. The van der Waals surface area contributed by atoms with Gasteiger partial charge in [0, 0.05) is 30.0 Å². The Kier molecular flexibility index (Phi) is 3.95. The van der Waals surface area contributed by atoms with Crippen LogP contribution in [0.5, 0.6) is 0 Å². The molecule has 0 saturated carbocycles. The molecule has 1 aromatic rings. The highest BCUT2D eigenvalue weighted by Gasteiger charge is 2.35. The van der Waals surface area contributed by atoms with Crippen molar-refractivity contribution in [2.75, 3.05) is 13.1 Å². The van der Waals surface area contributed by atoms with Crippen molar-refractivity contribution in [3.63, 3.8) is 0 Å². The molecule has 0 aromatic carbocycles. The Morgan fingerprint density at radius 2 is 2.05 bits per heavy atom. The molecule has 1 saturated heterocycles. The van der Waals surface area contributed by atoms with E-state index in [2.05, 4.69) is 27.0 Å². The highest BCUT2D eigenvalue weighted by molar-refractivity contribution is 9.10. The molecule has 1 fully saturated rings. The molecule has 0 N–H and O–H groups in total. The third-order valence-corrected chi connectivity index (χ3v) is 5.71. The van der Waals surface area contributed by atoms with Crippen molar-refractivity contribution >= 4 is 26.0 Å². The van der Waals surface area contributed by atoms with Crippen LogP contribution < -0.4 is 0 Å². The van der Waals surface area contributed by atoms with E-state index in [-0.39, 0.29) is 4.90 Å². The molecule has 2 rings (SSSR count). The number of piperidine rings is 1. The molecule has 7 heteroatoms. The van der Waals surface area contributed by atoms with Gasteiger partial charge in [-0.15, -0.1) is 0 Å². The van der Waals surface area contributed by atoms with Crippen LogP contribution in [0.2, 0.25) is 0 Å². The third kappa shape index (κ3) is 2.96. The van der Waals surface area contributed by atoms with Gasteiger partial charge in [0.1, 0.15) is 4.90 Å². The first-order valence-corrected chi connectivity index (χ1v) is 8.13. The van der Waals surface area contributed by atoms with Gasteiger partial charge in [-0.25, -0.2) is 8.42 Å². The molecule has 0 bridgehead atoms. The molecule has 0 aliphatic carbocycles. The summed E-state index contributed by atoms with van der Waals surface area (Å²) in [5, 5.41) is 9.06. The summed E-state index contributed by atoms with van der Waals surface area (Å²) in [6.45, 7) is 2.62. The lowest BCUT2D eigenvalue weighted by Gasteiger charge is -2.34. The summed E-state index contributed by atoms with van der Waals surface area (Å²) in [5.41, 5.74) is -0.415. The molecular weight excluding hydrogens is 330 g/mol. The smallest absolute Gasteiger partial charge is 0.244 e. The zero-order valence-electron chi connectivity index (χ0n) is 10.5. The number of nitrogens with zero attached hydrogens (tertiary/aromatic N) is 3. The highest BCUT2D eigenvalue weighted by Crippen LogP contribution is 2.32. The largest absolute Gasteiger partial charge is 0.262 e. The Labute approximate surface area is 121 Å². The van der Waals surface area contributed by atoms with Gasteiger partial charge in [-0.3, -0.25) is 4.98 Å². The SMILES string of the molecule is CC1(C#N)CCN(S(=O)(=O)c2cncc(Br)c2)CC1. The molecular formula is C12H14BrN3O2S. The first-order valence-electron chi connectivity index (χ1n) is 5.89. The van der Waals surface area contributed by atoms with Crippen LogP contribution in [0.15, 0.2) is 27.8 Å². The second-order valence-electron chi connectivity index (χ2n) is 4.92. The molecule has 5 nitrogen and oxygen atoms in total. The van der Waals surface area contributed by atoms with E-state index in [0.29, 0.717) is 30.4 Å². The van der Waals surface area contributed by atoms with Gasteiger partial charge in [-0.2, -0.15) is 9.57 Å².